The lowest BCUT2D eigenvalue weighted by molar-refractivity contribution is -0.131. The molecule has 0 unspecified atom stereocenters. The largest absolute Gasteiger partial charge is 0.351 e. The molecule has 0 N–H and O–H groups in total. The van der Waals surface area contributed by atoms with Crippen molar-refractivity contribution in [3.8, 4) is 0 Å². The fraction of sp³-hybridized carbons (Fsp3) is 0.579. The Bertz CT molecular complexity index is 663. The molecule has 0 aliphatic carbocycles. The summed E-state index contributed by atoms with van der Waals surface area (Å²) in [6.07, 6.45) is 9.73. The third kappa shape index (κ3) is 4.72. The van der Waals surface area contributed by atoms with E-state index in [1.54, 1.807) is 0 Å². The molecule has 6 nitrogen and oxygen atoms in total. The predicted molar refractivity (Wildman–Crippen MR) is 98.1 cm³/mol. The van der Waals surface area contributed by atoms with Crippen LogP contribution < -0.4 is 0 Å². The maximum atomic E-state index is 12.6. The van der Waals surface area contributed by atoms with Crippen molar-refractivity contribution >= 4 is 5.91 Å². The zero-order valence-corrected chi connectivity index (χ0v) is 15.3. The lowest BCUT2D eigenvalue weighted by Gasteiger charge is -2.23. The average Bonchev–Trinajstić information content (AvgIpc) is 3.24. The summed E-state index contributed by atoms with van der Waals surface area (Å²) in [5.74, 6) is 0.266. The number of carbonyl (C=O) groups excluding carboxylic acids is 1. The van der Waals surface area contributed by atoms with E-state index in [0.717, 1.165) is 45.7 Å². The van der Waals surface area contributed by atoms with Gasteiger partial charge in [-0.3, -0.25) is 14.4 Å². The van der Waals surface area contributed by atoms with Crippen molar-refractivity contribution in [1.82, 2.24) is 24.1 Å². The van der Waals surface area contributed by atoms with Crippen LogP contribution in [-0.4, -0.2) is 56.2 Å². The Morgan fingerprint density at radius 3 is 2.72 bits per heavy atom. The molecule has 136 valence electrons. The van der Waals surface area contributed by atoms with Crippen LogP contribution in [0.5, 0.6) is 0 Å². The maximum absolute atomic E-state index is 12.6. The van der Waals surface area contributed by atoms with Gasteiger partial charge < -0.3 is 9.47 Å². The quantitative estimate of drug-likeness (QED) is 0.809. The van der Waals surface area contributed by atoms with Crippen LogP contribution in [0.4, 0.5) is 0 Å². The smallest absolute Gasteiger partial charge is 0.224 e. The number of hydrogen-bond acceptors (Lipinski definition) is 3. The van der Waals surface area contributed by atoms with Crippen LogP contribution in [0.2, 0.25) is 0 Å². The van der Waals surface area contributed by atoms with Crippen LogP contribution in [-0.2, 0) is 17.9 Å². The van der Waals surface area contributed by atoms with Gasteiger partial charge in [0, 0.05) is 75.9 Å². The highest BCUT2D eigenvalue weighted by molar-refractivity contribution is 5.76. The van der Waals surface area contributed by atoms with E-state index >= 15 is 0 Å². The number of hydrogen-bond donors (Lipinski definition) is 0. The summed E-state index contributed by atoms with van der Waals surface area (Å²) in [7, 11) is 0. The van der Waals surface area contributed by atoms with Gasteiger partial charge in [-0.15, -0.1) is 0 Å². The zero-order chi connectivity index (χ0) is 17.6. The van der Waals surface area contributed by atoms with Crippen LogP contribution in [0.1, 0.15) is 38.3 Å². The van der Waals surface area contributed by atoms with Crippen molar-refractivity contribution in [3.05, 3.63) is 42.5 Å². The van der Waals surface area contributed by atoms with Gasteiger partial charge in [0.15, 0.2) is 0 Å². The summed E-state index contributed by atoms with van der Waals surface area (Å²) in [4.78, 5) is 17.1. The molecule has 0 radical (unpaired) electrons. The van der Waals surface area contributed by atoms with Crippen molar-refractivity contribution in [2.24, 2.45) is 0 Å². The van der Waals surface area contributed by atoms with E-state index in [2.05, 4.69) is 34.6 Å². The van der Waals surface area contributed by atoms with Crippen molar-refractivity contribution in [1.29, 1.82) is 0 Å². The van der Waals surface area contributed by atoms with E-state index in [-0.39, 0.29) is 11.9 Å². The van der Waals surface area contributed by atoms with Gasteiger partial charge in [0.1, 0.15) is 0 Å². The lowest BCUT2D eigenvalue weighted by atomic mass is 10.2. The molecule has 6 heteroatoms. The highest BCUT2D eigenvalue weighted by atomic mass is 16.2. The van der Waals surface area contributed by atoms with Crippen LogP contribution >= 0.6 is 0 Å². The number of nitrogens with zero attached hydrogens (tertiary/aromatic N) is 5. The molecule has 0 saturated carbocycles. The van der Waals surface area contributed by atoms with E-state index < -0.39 is 0 Å². The number of amides is 1. The molecule has 1 saturated heterocycles. The molecular formula is C19H29N5O. The Labute approximate surface area is 150 Å². The van der Waals surface area contributed by atoms with Gasteiger partial charge in [-0.1, -0.05) is 0 Å². The number of aryl methyl sites for hydroxylation is 1. The first-order valence-electron chi connectivity index (χ1n) is 9.29. The topological polar surface area (TPSA) is 46.3 Å². The van der Waals surface area contributed by atoms with Gasteiger partial charge in [0.05, 0.1) is 6.20 Å². The van der Waals surface area contributed by atoms with Gasteiger partial charge in [0.25, 0.3) is 0 Å². The van der Waals surface area contributed by atoms with Crippen molar-refractivity contribution < 1.29 is 4.79 Å². The summed E-state index contributed by atoms with van der Waals surface area (Å²) in [6, 6.07) is 4.22. The molecule has 1 aliphatic rings. The minimum atomic E-state index is 0.210. The molecule has 3 rings (SSSR count). The third-order valence-corrected chi connectivity index (χ3v) is 4.96. The Balaban J connectivity index is 1.49. The molecule has 2 aromatic rings. The fourth-order valence-electron chi connectivity index (χ4n) is 3.43. The van der Waals surface area contributed by atoms with Crippen LogP contribution in [0.3, 0.4) is 0 Å². The van der Waals surface area contributed by atoms with Crippen molar-refractivity contribution in [2.45, 2.75) is 45.8 Å². The van der Waals surface area contributed by atoms with Crippen LogP contribution in [0, 0.1) is 0 Å². The second-order valence-electron chi connectivity index (χ2n) is 6.90. The highest BCUT2D eigenvalue weighted by Crippen LogP contribution is 2.15. The Morgan fingerprint density at radius 2 is 2.00 bits per heavy atom. The van der Waals surface area contributed by atoms with Gasteiger partial charge in [-0.2, -0.15) is 5.10 Å². The normalized spacial score (nSPS) is 17.4. The fourth-order valence-corrected chi connectivity index (χ4v) is 3.43. The second kappa shape index (κ2) is 8.34. The van der Waals surface area contributed by atoms with E-state index in [9.17, 15) is 4.79 Å². The molecule has 1 atom stereocenters. The highest BCUT2D eigenvalue weighted by Gasteiger charge is 2.21. The third-order valence-electron chi connectivity index (χ3n) is 4.96. The molecule has 3 heterocycles. The minimum absolute atomic E-state index is 0.210. The molecule has 0 aromatic carbocycles. The van der Waals surface area contributed by atoms with Gasteiger partial charge >= 0.3 is 0 Å². The monoisotopic (exact) mass is 343 g/mol. The van der Waals surface area contributed by atoms with Gasteiger partial charge in [-0.25, -0.2) is 0 Å². The summed E-state index contributed by atoms with van der Waals surface area (Å²) >= 11 is 0. The molecule has 0 spiro atoms. The molecule has 1 aliphatic heterocycles. The summed E-state index contributed by atoms with van der Waals surface area (Å²) < 4.78 is 4.07. The summed E-state index contributed by atoms with van der Waals surface area (Å²) in [5, 5.41) is 4.35. The molecule has 0 bridgehead atoms. The Morgan fingerprint density at radius 1 is 1.20 bits per heavy atom. The summed E-state index contributed by atoms with van der Waals surface area (Å²) in [5.41, 5.74) is 1.25. The Kier molecular flexibility index (Phi) is 5.91. The SMILES string of the molecule is CCn1cc(CN2CCCN(C(=O)C[C@@H](C)n3cccc3)CC2)cn1. The van der Waals surface area contributed by atoms with E-state index in [0.29, 0.717) is 6.42 Å². The number of rotatable bonds is 6. The predicted octanol–water partition coefficient (Wildman–Crippen LogP) is 2.39. The van der Waals surface area contributed by atoms with E-state index in [4.69, 9.17) is 0 Å². The van der Waals surface area contributed by atoms with Crippen molar-refractivity contribution in [3.63, 3.8) is 0 Å². The maximum Gasteiger partial charge on any atom is 0.224 e. The average molecular weight is 343 g/mol. The molecule has 25 heavy (non-hydrogen) atoms. The van der Waals surface area contributed by atoms with Gasteiger partial charge in [-0.05, 0) is 32.4 Å². The van der Waals surface area contributed by atoms with Crippen molar-refractivity contribution in [2.75, 3.05) is 26.2 Å². The second-order valence-corrected chi connectivity index (χ2v) is 6.90. The molecule has 1 fully saturated rings. The first kappa shape index (κ1) is 17.7. The van der Waals surface area contributed by atoms with E-state index in [1.165, 1.54) is 5.56 Å². The number of aromatic nitrogens is 3. The first-order chi connectivity index (χ1) is 12.2. The first-order valence-corrected chi connectivity index (χ1v) is 9.29. The van der Waals surface area contributed by atoms with Gasteiger partial charge in [0.2, 0.25) is 5.91 Å². The minimum Gasteiger partial charge on any atom is -0.351 e. The van der Waals surface area contributed by atoms with Crippen LogP contribution in [0.25, 0.3) is 0 Å². The van der Waals surface area contributed by atoms with Crippen LogP contribution in [0.15, 0.2) is 36.9 Å². The standard InChI is InChI=1S/C19H29N5O/c1-3-24-16-18(14-20-24)15-21-7-6-10-23(12-11-21)19(25)13-17(2)22-8-4-5-9-22/h4-5,8-9,14,16-17H,3,6-7,10-13,15H2,1-2H3/t17-/m1/s1. The van der Waals surface area contributed by atoms with E-state index in [1.807, 2.05) is 40.3 Å². The lowest BCUT2D eigenvalue weighted by Crippen LogP contribution is -2.36. The molecular weight excluding hydrogens is 314 g/mol. The number of carbonyl (C=O) groups is 1. The molecule has 2 aromatic heterocycles. The Hall–Kier alpha value is -2.08. The molecule has 1 amide bonds. The zero-order valence-electron chi connectivity index (χ0n) is 15.3. The summed E-state index contributed by atoms with van der Waals surface area (Å²) in [6.45, 7) is 9.67.